The Labute approximate surface area is 114 Å². The van der Waals surface area contributed by atoms with Gasteiger partial charge in [0.25, 0.3) is 0 Å². The fourth-order valence-corrected chi connectivity index (χ4v) is 2.87. The highest BCUT2D eigenvalue weighted by Gasteiger charge is 2.15. The quantitative estimate of drug-likeness (QED) is 0.811. The van der Waals surface area contributed by atoms with Gasteiger partial charge in [-0.25, -0.2) is 8.78 Å². The van der Waals surface area contributed by atoms with Gasteiger partial charge < -0.3 is 5.32 Å². The summed E-state index contributed by atoms with van der Waals surface area (Å²) in [6.07, 6.45) is 7.02. The Morgan fingerprint density at radius 3 is 2.53 bits per heavy atom. The van der Waals surface area contributed by atoms with Crippen LogP contribution in [0.25, 0.3) is 0 Å². The van der Waals surface area contributed by atoms with Gasteiger partial charge in [0.15, 0.2) is 0 Å². The van der Waals surface area contributed by atoms with Crippen LogP contribution in [0.5, 0.6) is 0 Å². The minimum atomic E-state index is -0.488. The highest BCUT2D eigenvalue weighted by molar-refractivity contribution is 5.18. The lowest BCUT2D eigenvalue weighted by Crippen LogP contribution is -2.30. The topological polar surface area (TPSA) is 12.0 Å². The molecule has 106 valence electrons. The van der Waals surface area contributed by atoms with Crippen LogP contribution in [0.3, 0.4) is 0 Å². The Morgan fingerprint density at radius 2 is 1.79 bits per heavy atom. The summed E-state index contributed by atoms with van der Waals surface area (Å²) < 4.78 is 26.1. The first-order valence-corrected chi connectivity index (χ1v) is 7.32. The fraction of sp³-hybridized carbons (Fsp3) is 0.625. The monoisotopic (exact) mass is 267 g/mol. The molecule has 19 heavy (non-hydrogen) atoms. The molecule has 2 unspecified atom stereocenters. The van der Waals surface area contributed by atoms with E-state index in [1.807, 2.05) is 0 Å². The molecule has 3 heteroatoms. The van der Waals surface area contributed by atoms with Gasteiger partial charge in [0.05, 0.1) is 0 Å². The van der Waals surface area contributed by atoms with E-state index in [1.165, 1.54) is 44.2 Å². The summed E-state index contributed by atoms with van der Waals surface area (Å²) in [4.78, 5) is 0. The summed E-state index contributed by atoms with van der Waals surface area (Å²) in [7, 11) is 0. The van der Waals surface area contributed by atoms with Gasteiger partial charge in [0.2, 0.25) is 0 Å². The second kappa shape index (κ2) is 6.99. The van der Waals surface area contributed by atoms with Gasteiger partial charge in [0.1, 0.15) is 11.6 Å². The zero-order chi connectivity index (χ0) is 13.7. The Morgan fingerprint density at radius 1 is 1.05 bits per heavy atom. The zero-order valence-electron chi connectivity index (χ0n) is 11.6. The average Bonchev–Trinajstić information content (AvgIpc) is 2.53. The molecule has 0 heterocycles. The second-order valence-electron chi connectivity index (χ2n) is 5.79. The van der Waals surface area contributed by atoms with Crippen LogP contribution in [-0.4, -0.2) is 12.6 Å². The van der Waals surface area contributed by atoms with Gasteiger partial charge in [0, 0.05) is 12.1 Å². The Kier molecular flexibility index (Phi) is 5.32. The largest absolute Gasteiger partial charge is 0.314 e. The minimum absolute atomic E-state index is 0.488. The molecular weight excluding hydrogens is 244 g/mol. The third-order valence-corrected chi connectivity index (χ3v) is 4.03. The molecule has 1 fully saturated rings. The van der Waals surface area contributed by atoms with Crippen molar-refractivity contribution in [2.45, 2.75) is 51.5 Å². The van der Waals surface area contributed by atoms with Gasteiger partial charge in [-0.3, -0.25) is 0 Å². The highest BCUT2D eigenvalue weighted by Crippen LogP contribution is 2.22. The predicted molar refractivity (Wildman–Crippen MR) is 74.1 cm³/mol. The number of rotatable bonds is 4. The number of nitrogens with one attached hydrogen (secondary N) is 1. The van der Waals surface area contributed by atoms with E-state index in [0.29, 0.717) is 12.5 Å². The number of hydrogen-bond donors (Lipinski definition) is 1. The van der Waals surface area contributed by atoms with Gasteiger partial charge in [-0.1, -0.05) is 19.8 Å². The third kappa shape index (κ3) is 4.90. The van der Waals surface area contributed by atoms with Crippen molar-refractivity contribution in [2.24, 2.45) is 5.92 Å². The molecule has 0 aromatic heterocycles. The van der Waals surface area contributed by atoms with E-state index in [0.717, 1.165) is 24.1 Å². The highest BCUT2D eigenvalue weighted by atomic mass is 19.1. The van der Waals surface area contributed by atoms with E-state index < -0.39 is 11.6 Å². The smallest absolute Gasteiger partial charge is 0.126 e. The van der Waals surface area contributed by atoms with Crippen molar-refractivity contribution in [3.8, 4) is 0 Å². The van der Waals surface area contributed by atoms with Crippen molar-refractivity contribution >= 4 is 0 Å². The molecule has 0 spiro atoms. The molecule has 1 nitrogen and oxygen atoms in total. The van der Waals surface area contributed by atoms with Crippen molar-refractivity contribution in [3.05, 3.63) is 35.4 Å². The van der Waals surface area contributed by atoms with Gasteiger partial charge in [-0.15, -0.1) is 0 Å². The lowest BCUT2D eigenvalue weighted by molar-refractivity contribution is 0.450. The maximum Gasteiger partial charge on any atom is 0.126 e. The number of halogens is 2. The first kappa shape index (κ1) is 14.4. The molecular formula is C16H23F2N. The van der Waals surface area contributed by atoms with Crippen LogP contribution in [0.1, 0.15) is 44.6 Å². The molecule has 1 saturated carbocycles. The summed E-state index contributed by atoms with van der Waals surface area (Å²) in [6.45, 7) is 3.11. The molecule has 1 aromatic rings. The Hall–Kier alpha value is -0.960. The standard InChI is InChI=1S/C16H23F2N/c1-12-3-2-4-16(6-5-12)19-8-7-13-9-14(17)11-15(18)10-13/h9-12,16,19H,2-8H2,1H3. The lowest BCUT2D eigenvalue weighted by atomic mass is 10.0. The predicted octanol–water partition coefficient (Wildman–Crippen LogP) is 4.07. The molecule has 0 amide bonds. The maximum absolute atomic E-state index is 13.0. The third-order valence-electron chi connectivity index (χ3n) is 4.03. The number of hydrogen-bond acceptors (Lipinski definition) is 1. The van der Waals surface area contributed by atoms with Crippen molar-refractivity contribution < 1.29 is 8.78 Å². The summed E-state index contributed by atoms with van der Waals surface area (Å²) in [5, 5.41) is 3.52. The van der Waals surface area contributed by atoms with Crippen molar-refractivity contribution in [1.29, 1.82) is 0 Å². The fourth-order valence-electron chi connectivity index (χ4n) is 2.87. The van der Waals surface area contributed by atoms with E-state index in [9.17, 15) is 8.78 Å². The average molecular weight is 267 g/mol. The minimum Gasteiger partial charge on any atom is -0.314 e. The summed E-state index contributed by atoms with van der Waals surface area (Å²) >= 11 is 0. The van der Waals surface area contributed by atoms with Crippen LogP contribution >= 0.6 is 0 Å². The van der Waals surface area contributed by atoms with Crippen LogP contribution in [-0.2, 0) is 6.42 Å². The van der Waals surface area contributed by atoms with Gasteiger partial charge in [-0.05, 0) is 55.8 Å². The number of benzene rings is 1. The molecule has 0 radical (unpaired) electrons. The maximum atomic E-state index is 13.0. The van der Waals surface area contributed by atoms with E-state index >= 15 is 0 Å². The normalized spacial score (nSPS) is 24.2. The van der Waals surface area contributed by atoms with Gasteiger partial charge in [-0.2, -0.15) is 0 Å². The van der Waals surface area contributed by atoms with Crippen molar-refractivity contribution in [2.75, 3.05) is 6.54 Å². The summed E-state index contributed by atoms with van der Waals surface area (Å²) in [6, 6.07) is 4.33. The van der Waals surface area contributed by atoms with E-state index in [4.69, 9.17) is 0 Å². The summed E-state index contributed by atoms with van der Waals surface area (Å²) in [5.41, 5.74) is 0.729. The molecule has 1 aromatic carbocycles. The lowest BCUT2D eigenvalue weighted by Gasteiger charge is -2.16. The molecule has 1 aliphatic rings. The molecule has 0 saturated heterocycles. The zero-order valence-corrected chi connectivity index (χ0v) is 11.6. The summed E-state index contributed by atoms with van der Waals surface area (Å²) in [5.74, 6) is -0.138. The molecule has 2 rings (SSSR count). The van der Waals surface area contributed by atoms with Crippen LogP contribution in [0.2, 0.25) is 0 Å². The molecule has 1 N–H and O–H groups in total. The van der Waals surface area contributed by atoms with Crippen LogP contribution in [0, 0.1) is 17.6 Å². The Bertz CT molecular complexity index is 385. The second-order valence-corrected chi connectivity index (χ2v) is 5.79. The van der Waals surface area contributed by atoms with Crippen LogP contribution in [0.4, 0.5) is 8.78 Å². The Balaban J connectivity index is 1.76. The van der Waals surface area contributed by atoms with E-state index in [1.54, 1.807) is 0 Å². The van der Waals surface area contributed by atoms with Gasteiger partial charge >= 0.3 is 0 Å². The SMILES string of the molecule is CC1CCCC(NCCc2cc(F)cc(F)c2)CC1. The molecule has 2 atom stereocenters. The molecule has 0 aliphatic heterocycles. The van der Waals surface area contributed by atoms with Crippen molar-refractivity contribution in [3.63, 3.8) is 0 Å². The van der Waals surface area contributed by atoms with Crippen molar-refractivity contribution in [1.82, 2.24) is 5.32 Å². The van der Waals surface area contributed by atoms with Crippen LogP contribution in [0.15, 0.2) is 18.2 Å². The first-order valence-electron chi connectivity index (χ1n) is 7.32. The van der Waals surface area contributed by atoms with Crippen LogP contribution < -0.4 is 5.32 Å². The molecule has 0 bridgehead atoms. The first-order chi connectivity index (χ1) is 9.13. The molecule has 1 aliphatic carbocycles. The van der Waals surface area contributed by atoms with E-state index in [2.05, 4.69) is 12.2 Å². The van der Waals surface area contributed by atoms with E-state index in [-0.39, 0.29) is 0 Å².